The maximum Gasteiger partial charge on any atom is 0.344 e. The molecule has 1 N–H and O–H groups in total. The minimum atomic E-state index is -2.88. The van der Waals surface area contributed by atoms with Gasteiger partial charge in [0.15, 0.2) is 0 Å². The van der Waals surface area contributed by atoms with Crippen LogP contribution in [0.3, 0.4) is 0 Å². The van der Waals surface area contributed by atoms with Crippen molar-refractivity contribution in [3.8, 4) is 0 Å². The van der Waals surface area contributed by atoms with Crippen molar-refractivity contribution in [1.82, 2.24) is 5.32 Å². The molecule has 0 spiro atoms. The highest BCUT2D eigenvalue weighted by Crippen LogP contribution is 2.46. The summed E-state index contributed by atoms with van der Waals surface area (Å²) in [6.07, 6.45) is 0.284. The van der Waals surface area contributed by atoms with Crippen LogP contribution >= 0.6 is 7.60 Å². The van der Waals surface area contributed by atoms with Crippen LogP contribution in [-0.2, 0) is 13.6 Å². The van der Waals surface area contributed by atoms with Crippen molar-refractivity contribution in [2.24, 2.45) is 0 Å². The Morgan fingerprint density at radius 2 is 1.69 bits per heavy atom. The first-order valence-corrected chi connectivity index (χ1v) is 6.38. The summed E-state index contributed by atoms with van der Waals surface area (Å²) >= 11 is 0. The Labute approximate surface area is 80.5 Å². The van der Waals surface area contributed by atoms with Crippen molar-refractivity contribution in [1.29, 1.82) is 0 Å². The standard InChI is InChI=1S/C8H20NO3P/c1-5-11-13(10,12-6-2)7-9-8(3)4/h8-9H,5-7H2,1-4H3. The fourth-order valence-electron chi connectivity index (χ4n) is 0.816. The van der Waals surface area contributed by atoms with Crippen LogP contribution in [0.4, 0.5) is 0 Å². The molecule has 0 aromatic heterocycles. The highest BCUT2D eigenvalue weighted by Gasteiger charge is 2.22. The van der Waals surface area contributed by atoms with Gasteiger partial charge in [-0.15, -0.1) is 0 Å². The maximum atomic E-state index is 11.8. The summed E-state index contributed by atoms with van der Waals surface area (Å²) in [6.45, 7) is 8.42. The van der Waals surface area contributed by atoms with Gasteiger partial charge in [-0.1, -0.05) is 13.8 Å². The summed E-state index contributed by atoms with van der Waals surface area (Å²) in [5.41, 5.74) is 0. The van der Waals surface area contributed by atoms with E-state index in [2.05, 4.69) is 5.32 Å². The summed E-state index contributed by atoms with van der Waals surface area (Å²) in [6, 6.07) is 0.286. The molecule has 0 heterocycles. The minimum absolute atomic E-state index is 0.284. The molecule has 0 aliphatic rings. The molecule has 0 aromatic carbocycles. The predicted octanol–water partition coefficient (Wildman–Crippen LogP) is 2.21. The smallest absolute Gasteiger partial charge is 0.308 e. The fraction of sp³-hybridized carbons (Fsp3) is 1.00. The molecule has 4 nitrogen and oxygen atoms in total. The van der Waals surface area contributed by atoms with Gasteiger partial charge in [-0.3, -0.25) is 4.57 Å². The van der Waals surface area contributed by atoms with E-state index >= 15 is 0 Å². The van der Waals surface area contributed by atoms with E-state index in [-0.39, 0.29) is 12.3 Å². The number of hydrogen-bond donors (Lipinski definition) is 1. The molecule has 0 unspecified atom stereocenters. The topological polar surface area (TPSA) is 47.6 Å². The zero-order valence-corrected chi connectivity index (χ0v) is 9.77. The van der Waals surface area contributed by atoms with Crippen LogP contribution in [0.5, 0.6) is 0 Å². The van der Waals surface area contributed by atoms with Gasteiger partial charge in [0.2, 0.25) is 0 Å². The Bertz CT molecular complexity index is 163. The molecule has 0 bridgehead atoms. The summed E-state index contributed by atoms with van der Waals surface area (Å²) in [5, 5.41) is 3.04. The molecule has 13 heavy (non-hydrogen) atoms. The van der Waals surface area contributed by atoms with Gasteiger partial charge in [0.25, 0.3) is 0 Å². The van der Waals surface area contributed by atoms with E-state index in [9.17, 15) is 4.57 Å². The lowest BCUT2D eigenvalue weighted by molar-refractivity contribution is 0.217. The zero-order valence-electron chi connectivity index (χ0n) is 8.87. The first-order valence-electron chi connectivity index (χ1n) is 4.65. The molecule has 0 aliphatic heterocycles. The fourth-order valence-corrected chi connectivity index (χ4v) is 2.45. The lowest BCUT2D eigenvalue weighted by Crippen LogP contribution is -2.25. The second-order valence-corrected chi connectivity index (χ2v) is 5.02. The van der Waals surface area contributed by atoms with Gasteiger partial charge in [0.05, 0.1) is 19.5 Å². The van der Waals surface area contributed by atoms with Crippen LogP contribution in [-0.4, -0.2) is 25.5 Å². The van der Waals surface area contributed by atoms with E-state index in [4.69, 9.17) is 9.05 Å². The Kier molecular flexibility index (Phi) is 6.60. The molecular formula is C8H20NO3P. The lowest BCUT2D eigenvalue weighted by atomic mass is 10.4. The van der Waals surface area contributed by atoms with Gasteiger partial charge >= 0.3 is 7.60 Å². The molecule has 0 atom stereocenters. The molecular weight excluding hydrogens is 189 g/mol. The van der Waals surface area contributed by atoms with Gasteiger partial charge < -0.3 is 14.4 Å². The third kappa shape index (κ3) is 6.22. The van der Waals surface area contributed by atoms with Crippen LogP contribution in [0.2, 0.25) is 0 Å². The largest absolute Gasteiger partial charge is 0.344 e. The van der Waals surface area contributed by atoms with E-state index in [1.54, 1.807) is 13.8 Å². The van der Waals surface area contributed by atoms with Crippen molar-refractivity contribution in [3.63, 3.8) is 0 Å². The molecule has 0 radical (unpaired) electrons. The van der Waals surface area contributed by atoms with Crippen LogP contribution < -0.4 is 5.32 Å². The van der Waals surface area contributed by atoms with E-state index < -0.39 is 7.60 Å². The third-order valence-corrected chi connectivity index (χ3v) is 3.22. The molecule has 80 valence electrons. The lowest BCUT2D eigenvalue weighted by Gasteiger charge is -2.18. The predicted molar refractivity (Wildman–Crippen MR) is 54.0 cm³/mol. The van der Waals surface area contributed by atoms with Gasteiger partial charge in [-0.2, -0.15) is 0 Å². The van der Waals surface area contributed by atoms with Crippen molar-refractivity contribution in [2.45, 2.75) is 33.7 Å². The summed E-state index contributed by atoms with van der Waals surface area (Å²) in [4.78, 5) is 0. The molecule has 0 aliphatic carbocycles. The van der Waals surface area contributed by atoms with Crippen LogP contribution in [0.15, 0.2) is 0 Å². The first kappa shape index (κ1) is 13.1. The summed E-state index contributed by atoms with van der Waals surface area (Å²) in [5.74, 6) is 0. The Balaban J connectivity index is 3.99. The zero-order chi connectivity index (χ0) is 10.3. The number of nitrogens with one attached hydrogen (secondary N) is 1. The van der Waals surface area contributed by atoms with Crippen LogP contribution in [0.1, 0.15) is 27.7 Å². The van der Waals surface area contributed by atoms with E-state index in [0.717, 1.165) is 0 Å². The summed E-state index contributed by atoms with van der Waals surface area (Å²) in [7, 11) is -2.88. The van der Waals surface area contributed by atoms with E-state index in [1.807, 2.05) is 13.8 Å². The van der Waals surface area contributed by atoms with Gasteiger partial charge in [-0.05, 0) is 13.8 Å². The molecule has 0 rings (SSSR count). The summed E-state index contributed by atoms with van der Waals surface area (Å²) < 4.78 is 22.0. The molecule has 0 saturated heterocycles. The Morgan fingerprint density at radius 1 is 1.23 bits per heavy atom. The molecule has 0 aromatic rings. The minimum Gasteiger partial charge on any atom is -0.308 e. The average Bonchev–Trinajstić information content (AvgIpc) is 2.02. The van der Waals surface area contributed by atoms with Crippen molar-refractivity contribution in [2.75, 3.05) is 19.5 Å². The molecule has 5 heteroatoms. The van der Waals surface area contributed by atoms with Crippen LogP contribution in [0.25, 0.3) is 0 Å². The highest BCUT2D eigenvalue weighted by atomic mass is 31.2. The maximum absolute atomic E-state index is 11.8. The van der Waals surface area contributed by atoms with Crippen molar-refractivity contribution < 1.29 is 13.6 Å². The first-order chi connectivity index (χ1) is 6.04. The third-order valence-electron chi connectivity index (χ3n) is 1.34. The molecule has 0 saturated carbocycles. The second-order valence-electron chi connectivity index (χ2n) is 2.96. The van der Waals surface area contributed by atoms with Crippen molar-refractivity contribution in [3.05, 3.63) is 0 Å². The molecule has 0 fully saturated rings. The van der Waals surface area contributed by atoms with Gasteiger partial charge in [-0.25, -0.2) is 0 Å². The SMILES string of the molecule is CCOP(=O)(CNC(C)C)OCC. The normalized spacial score (nSPS) is 12.4. The van der Waals surface area contributed by atoms with Gasteiger partial charge in [0, 0.05) is 6.04 Å². The van der Waals surface area contributed by atoms with E-state index in [0.29, 0.717) is 13.2 Å². The quantitative estimate of drug-likeness (QED) is 0.653. The Hall–Kier alpha value is 0.110. The average molecular weight is 209 g/mol. The Morgan fingerprint density at radius 3 is 2.00 bits per heavy atom. The molecule has 0 amide bonds. The van der Waals surface area contributed by atoms with Gasteiger partial charge in [0.1, 0.15) is 0 Å². The second kappa shape index (κ2) is 6.55. The van der Waals surface area contributed by atoms with E-state index in [1.165, 1.54) is 0 Å². The number of rotatable bonds is 7. The monoisotopic (exact) mass is 209 g/mol. The van der Waals surface area contributed by atoms with Crippen LogP contribution in [0, 0.1) is 0 Å². The highest BCUT2D eigenvalue weighted by molar-refractivity contribution is 7.53. The van der Waals surface area contributed by atoms with Crippen molar-refractivity contribution >= 4 is 7.60 Å². The number of hydrogen-bond acceptors (Lipinski definition) is 4.